The highest BCUT2D eigenvalue weighted by Crippen LogP contribution is 2.15. The molecule has 4 nitrogen and oxygen atoms in total. The zero-order valence-electron chi connectivity index (χ0n) is 9.88. The third-order valence-electron chi connectivity index (χ3n) is 2.34. The van der Waals surface area contributed by atoms with Gasteiger partial charge in [-0.15, -0.1) is 0 Å². The Morgan fingerprint density at radius 2 is 1.71 bits per heavy atom. The molecular weight excluding hydrogens is 216 g/mol. The van der Waals surface area contributed by atoms with E-state index in [2.05, 4.69) is 14.9 Å². The van der Waals surface area contributed by atoms with E-state index >= 15 is 0 Å². The van der Waals surface area contributed by atoms with Crippen LogP contribution in [0.3, 0.4) is 0 Å². The van der Waals surface area contributed by atoms with Crippen LogP contribution in [0.15, 0.2) is 36.7 Å². The van der Waals surface area contributed by atoms with Crippen molar-refractivity contribution in [2.75, 3.05) is 7.11 Å². The first kappa shape index (κ1) is 11.7. The highest BCUT2D eigenvalue weighted by atomic mass is 17.2. The molecule has 1 aromatic carbocycles. The minimum absolute atomic E-state index is 0.436. The number of hydrogen-bond acceptors (Lipinski definition) is 4. The molecule has 2 rings (SSSR count). The summed E-state index contributed by atoms with van der Waals surface area (Å²) in [7, 11) is 1.49. The van der Waals surface area contributed by atoms with Gasteiger partial charge in [0, 0.05) is 18.0 Å². The van der Waals surface area contributed by atoms with Crippen LogP contribution < -0.4 is 0 Å². The van der Waals surface area contributed by atoms with Gasteiger partial charge in [0.05, 0.1) is 7.11 Å². The minimum atomic E-state index is 0.436. The van der Waals surface area contributed by atoms with Gasteiger partial charge < -0.3 is 0 Å². The van der Waals surface area contributed by atoms with E-state index in [9.17, 15) is 0 Å². The predicted octanol–water partition coefficient (Wildman–Crippen LogP) is 2.53. The van der Waals surface area contributed by atoms with E-state index in [0.717, 1.165) is 22.5 Å². The standard InChI is InChI=1S/C13H14N2O2/c1-10-7-14-13(15-8-10)12-5-3-11(4-6-12)9-17-16-2/h3-8H,9H2,1-2H3. The van der Waals surface area contributed by atoms with E-state index in [1.807, 2.05) is 43.6 Å². The lowest BCUT2D eigenvalue weighted by molar-refractivity contribution is -0.282. The lowest BCUT2D eigenvalue weighted by Crippen LogP contribution is -1.92. The van der Waals surface area contributed by atoms with Crippen LogP contribution in [0.1, 0.15) is 11.1 Å². The Hall–Kier alpha value is -1.78. The van der Waals surface area contributed by atoms with Crippen molar-refractivity contribution >= 4 is 0 Å². The van der Waals surface area contributed by atoms with Crippen molar-refractivity contribution in [1.29, 1.82) is 0 Å². The summed E-state index contributed by atoms with van der Waals surface area (Å²) in [5.41, 5.74) is 3.09. The van der Waals surface area contributed by atoms with Crippen LogP contribution in [-0.4, -0.2) is 17.1 Å². The second kappa shape index (κ2) is 5.52. The van der Waals surface area contributed by atoms with Crippen molar-refractivity contribution in [3.05, 3.63) is 47.8 Å². The van der Waals surface area contributed by atoms with Gasteiger partial charge in [-0.25, -0.2) is 19.7 Å². The largest absolute Gasteiger partial charge is 0.240 e. The molecule has 0 radical (unpaired) electrons. The fourth-order valence-electron chi connectivity index (χ4n) is 1.42. The Morgan fingerprint density at radius 1 is 1.06 bits per heavy atom. The van der Waals surface area contributed by atoms with Crippen LogP contribution >= 0.6 is 0 Å². The molecule has 0 atom stereocenters. The number of aromatic nitrogens is 2. The topological polar surface area (TPSA) is 44.2 Å². The average Bonchev–Trinajstić information content (AvgIpc) is 2.38. The summed E-state index contributed by atoms with van der Waals surface area (Å²) < 4.78 is 0. The van der Waals surface area contributed by atoms with E-state index in [4.69, 9.17) is 4.89 Å². The number of rotatable bonds is 4. The third-order valence-corrected chi connectivity index (χ3v) is 2.34. The van der Waals surface area contributed by atoms with E-state index in [1.165, 1.54) is 7.11 Å². The normalized spacial score (nSPS) is 10.5. The van der Waals surface area contributed by atoms with E-state index < -0.39 is 0 Å². The SMILES string of the molecule is COOCc1ccc(-c2ncc(C)cn2)cc1. The predicted molar refractivity (Wildman–Crippen MR) is 64.0 cm³/mol. The molecule has 1 aromatic heterocycles. The Morgan fingerprint density at radius 3 is 2.29 bits per heavy atom. The molecule has 0 saturated heterocycles. The van der Waals surface area contributed by atoms with Gasteiger partial charge in [-0.1, -0.05) is 24.3 Å². The molecule has 0 aliphatic rings. The first-order chi connectivity index (χ1) is 8.29. The second-order valence-electron chi connectivity index (χ2n) is 3.71. The van der Waals surface area contributed by atoms with Crippen molar-refractivity contribution in [2.24, 2.45) is 0 Å². The summed E-state index contributed by atoms with van der Waals surface area (Å²) in [6.07, 6.45) is 3.62. The van der Waals surface area contributed by atoms with Crippen molar-refractivity contribution in [2.45, 2.75) is 13.5 Å². The van der Waals surface area contributed by atoms with E-state index in [0.29, 0.717) is 6.61 Å². The lowest BCUT2D eigenvalue weighted by atomic mass is 10.1. The maximum atomic E-state index is 4.85. The summed E-state index contributed by atoms with van der Waals surface area (Å²) in [5, 5.41) is 0. The molecular formula is C13H14N2O2. The monoisotopic (exact) mass is 230 g/mol. The van der Waals surface area contributed by atoms with Gasteiger partial charge in [0.15, 0.2) is 5.82 Å². The summed E-state index contributed by atoms with van der Waals surface area (Å²) >= 11 is 0. The van der Waals surface area contributed by atoms with Gasteiger partial charge in [0.25, 0.3) is 0 Å². The first-order valence-electron chi connectivity index (χ1n) is 5.33. The van der Waals surface area contributed by atoms with E-state index in [-0.39, 0.29) is 0 Å². The third kappa shape index (κ3) is 3.09. The summed E-state index contributed by atoms with van der Waals surface area (Å²) in [6.45, 7) is 2.40. The second-order valence-corrected chi connectivity index (χ2v) is 3.71. The van der Waals surface area contributed by atoms with Crippen LogP contribution in [0.4, 0.5) is 0 Å². The Balaban J connectivity index is 2.14. The summed E-state index contributed by atoms with van der Waals surface area (Å²) in [4.78, 5) is 17.9. The van der Waals surface area contributed by atoms with Crippen LogP contribution in [0.2, 0.25) is 0 Å². The molecule has 17 heavy (non-hydrogen) atoms. The average molecular weight is 230 g/mol. The van der Waals surface area contributed by atoms with Crippen molar-refractivity contribution in [1.82, 2.24) is 9.97 Å². The van der Waals surface area contributed by atoms with Gasteiger partial charge in [-0.2, -0.15) is 0 Å². The molecule has 2 aromatic rings. The first-order valence-corrected chi connectivity index (χ1v) is 5.33. The minimum Gasteiger partial charge on any atom is -0.240 e. The fraction of sp³-hybridized carbons (Fsp3) is 0.231. The smallest absolute Gasteiger partial charge is 0.159 e. The Labute approximate surface area is 100 Å². The number of hydrogen-bond donors (Lipinski definition) is 0. The molecule has 0 N–H and O–H groups in total. The quantitative estimate of drug-likeness (QED) is 0.598. The van der Waals surface area contributed by atoms with Gasteiger partial charge in [0.2, 0.25) is 0 Å². The Kier molecular flexibility index (Phi) is 3.80. The van der Waals surface area contributed by atoms with Crippen molar-refractivity contribution in [3.63, 3.8) is 0 Å². The van der Waals surface area contributed by atoms with Crippen molar-refractivity contribution in [3.8, 4) is 11.4 Å². The summed E-state index contributed by atoms with van der Waals surface area (Å²) in [6, 6.07) is 7.88. The molecule has 0 aliphatic carbocycles. The number of benzene rings is 1. The molecule has 4 heteroatoms. The number of aryl methyl sites for hydroxylation is 1. The van der Waals surface area contributed by atoms with Crippen LogP contribution in [0.25, 0.3) is 11.4 Å². The molecule has 0 spiro atoms. The molecule has 1 heterocycles. The highest BCUT2D eigenvalue weighted by molar-refractivity contribution is 5.54. The molecule has 0 unspecified atom stereocenters. The molecule has 0 fully saturated rings. The fourth-order valence-corrected chi connectivity index (χ4v) is 1.42. The van der Waals surface area contributed by atoms with Gasteiger partial charge in [-0.05, 0) is 18.1 Å². The molecule has 0 bridgehead atoms. The molecule has 0 saturated carbocycles. The number of nitrogens with zero attached hydrogens (tertiary/aromatic N) is 2. The zero-order valence-corrected chi connectivity index (χ0v) is 9.88. The molecule has 88 valence electrons. The van der Waals surface area contributed by atoms with Crippen LogP contribution in [-0.2, 0) is 16.4 Å². The molecule has 0 aliphatic heterocycles. The van der Waals surface area contributed by atoms with Gasteiger partial charge in [0.1, 0.15) is 6.61 Å². The van der Waals surface area contributed by atoms with Crippen LogP contribution in [0.5, 0.6) is 0 Å². The Bertz CT molecular complexity index is 466. The highest BCUT2D eigenvalue weighted by Gasteiger charge is 2.00. The maximum Gasteiger partial charge on any atom is 0.159 e. The van der Waals surface area contributed by atoms with Gasteiger partial charge >= 0.3 is 0 Å². The van der Waals surface area contributed by atoms with Gasteiger partial charge in [-0.3, -0.25) is 0 Å². The van der Waals surface area contributed by atoms with E-state index in [1.54, 1.807) is 0 Å². The maximum absolute atomic E-state index is 4.85. The van der Waals surface area contributed by atoms with Crippen molar-refractivity contribution < 1.29 is 9.78 Å². The van der Waals surface area contributed by atoms with Crippen LogP contribution in [0, 0.1) is 6.92 Å². The zero-order chi connectivity index (χ0) is 12.1. The lowest BCUT2D eigenvalue weighted by Gasteiger charge is -2.03. The summed E-state index contributed by atoms with van der Waals surface area (Å²) in [5.74, 6) is 0.731. The molecule has 0 amide bonds.